The minimum Gasteiger partial charge on any atom is -0.462 e. The van der Waals surface area contributed by atoms with Crippen molar-refractivity contribution in [3.63, 3.8) is 0 Å². The van der Waals surface area contributed by atoms with Crippen molar-refractivity contribution < 1.29 is 19.1 Å². The van der Waals surface area contributed by atoms with Gasteiger partial charge in [0.05, 0.1) is 23.9 Å². The van der Waals surface area contributed by atoms with Crippen LogP contribution in [0.2, 0.25) is 10.0 Å². The van der Waals surface area contributed by atoms with E-state index in [0.29, 0.717) is 15.7 Å². The van der Waals surface area contributed by atoms with Crippen molar-refractivity contribution in [3.05, 3.63) is 40.0 Å². The van der Waals surface area contributed by atoms with Gasteiger partial charge in [0.25, 0.3) is 0 Å². The molecule has 0 unspecified atom stereocenters. The molecule has 0 aliphatic heterocycles. The predicted molar refractivity (Wildman–Crippen MR) is 81.4 cm³/mol. The number of rotatable bonds is 6. The Morgan fingerprint density at radius 3 is 2.19 bits per heavy atom. The Morgan fingerprint density at radius 2 is 1.71 bits per heavy atom. The molecule has 0 atom stereocenters. The van der Waals surface area contributed by atoms with Crippen molar-refractivity contribution >= 4 is 40.8 Å². The first kappa shape index (κ1) is 17.3. The molecule has 5 nitrogen and oxygen atoms in total. The molecule has 0 aliphatic rings. The van der Waals surface area contributed by atoms with Crippen LogP contribution in [0.1, 0.15) is 13.8 Å². The second-order valence-electron chi connectivity index (χ2n) is 3.77. The molecule has 114 valence electrons. The molecule has 1 aromatic carbocycles. The van der Waals surface area contributed by atoms with Gasteiger partial charge in [-0.15, -0.1) is 0 Å². The molecule has 7 heteroatoms. The molecule has 0 saturated heterocycles. The summed E-state index contributed by atoms with van der Waals surface area (Å²) in [5.74, 6) is -1.54. The highest BCUT2D eigenvalue weighted by atomic mass is 35.5. The lowest BCUT2D eigenvalue weighted by Gasteiger charge is -2.08. The summed E-state index contributed by atoms with van der Waals surface area (Å²) in [6.45, 7) is 3.59. The second-order valence-corrected chi connectivity index (χ2v) is 4.61. The number of nitrogens with one attached hydrogen (secondary N) is 1. The van der Waals surface area contributed by atoms with Crippen LogP contribution in [0.5, 0.6) is 0 Å². The first-order valence-electron chi connectivity index (χ1n) is 6.25. The van der Waals surface area contributed by atoms with Crippen LogP contribution in [0, 0.1) is 0 Å². The zero-order valence-electron chi connectivity index (χ0n) is 11.6. The lowest BCUT2D eigenvalue weighted by atomic mass is 10.2. The minimum atomic E-state index is -0.770. The highest BCUT2D eigenvalue weighted by Crippen LogP contribution is 2.25. The summed E-state index contributed by atoms with van der Waals surface area (Å²) < 4.78 is 9.61. The Hall–Kier alpha value is -1.72. The molecule has 21 heavy (non-hydrogen) atoms. The molecular weight excluding hydrogens is 317 g/mol. The van der Waals surface area contributed by atoms with Crippen LogP contribution >= 0.6 is 23.2 Å². The fourth-order valence-corrected chi connectivity index (χ4v) is 1.84. The third-order valence-corrected chi connectivity index (χ3v) is 2.84. The zero-order chi connectivity index (χ0) is 15.8. The number of halogens is 2. The summed E-state index contributed by atoms with van der Waals surface area (Å²) in [7, 11) is 0. The van der Waals surface area contributed by atoms with Crippen molar-refractivity contribution in [1.82, 2.24) is 0 Å². The van der Waals surface area contributed by atoms with Gasteiger partial charge < -0.3 is 14.8 Å². The Bertz CT molecular complexity index is 538. The minimum absolute atomic E-state index is 0.150. The summed E-state index contributed by atoms with van der Waals surface area (Å²) in [5, 5.41) is 3.59. The van der Waals surface area contributed by atoms with E-state index in [1.165, 1.54) is 12.3 Å². The first-order valence-corrected chi connectivity index (χ1v) is 7.01. The van der Waals surface area contributed by atoms with Crippen molar-refractivity contribution in [3.8, 4) is 0 Å². The second kappa shape index (κ2) is 8.54. The number of hydrogen-bond donors (Lipinski definition) is 1. The molecule has 0 radical (unpaired) electrons. The average Bonchev–Trinajstić information content (AvgIpc) is 2.41. The topological polar surface area (TPSA) is 64.6 Å². The van der Waals surface area contributed by atoms with Crippen LogP contribution in [-0.2, 0) is 19.1 Å². The monoisotopic (exact) mass is 331 g/mol. The van der Waals surface area contributed by atoms with Crippen LogP contribution in [0.15, 0.2) is 30.0 Å². The van der Waals surface area contributed by atoms with Gasteiger partial charge >= 0.3 is 11.9 Å². The molecular formula is C14H15Cl2NO4. The standard InChI is InChI=1S/C14H15Cl2NO4/c1-3-20-13(18)10(14(19)21-4-2)8-17-12-6-5-9(15)7-11(12)16/h5-8,17H,3-4H2,1-2H3. The van der Waals surface area contributed by atoms with Gasteiger partial charge in [0, 0.05) is 11.2 Å². The van der Waals surface area contributed by atoms with Gasteiger partial charge in [-0.2, -0.15) is 0 Å². The number of benzene rings is 1. The Kier molecular flexibility index (Phi) is 7.05. The normalized spacial score (nSPS) is 9.71. The third kappa shape index (κ3) is 5.28. The van der Waals surface area contributed by atoms with E-state index in [2.05, 4.69) is 5.32 Å². The van der Waals surface area contributed by atoms with Gasteiger partial charge in [-0.25, -0.2) is 9.59 Å². The first-order chi connectivity index (χ1) is 9.99. The number of anilines is 1. The Labute approximate surface area is 132 Å². The predicted octanol–water partition coefficient (Wildman–Crippen LogP) is 3.42. The van der Waals surface area contributed by atoms with Crippen molar-refractivity contribution in [2.24, 2.45) is 0 Å². The van der Waals surface area contributed by atoms with Crippen molar-refractivity contribution in [2.45, 2.75) is 13.8 Å². The van der Waals surface area contributed by atoms with Gasteiger partial charge in [-0.3, -0.25) is 0 Å². The summed E-state index contributed by atoms with van der Waals surface area (Å²) in [6, 6.07) is 4.78. The lowest BCUT2D eigenvalue weighted by molar-refractivity contribution is -0.146. The van der Waals surface area contributed by atoms with Gasteiger partial charge in [-0.05, 0) is 32.0 Å². The van der Waals surface area contributed by atoms with Crippen LogP contribution in [0.25, 0.3) is 0 Å². The quantitative estimate of drug-likeness (QED) is 0.374. The summed E-state index contributed by atoms with van der Waals surface area (Å²) >= 11 is 11.8. The van der Waals surface area contributed by atoms with Crippen LogP contribution < -0.4 is 5.32 Å². The van der Waals surface area contributed by atoms with E-state index in [4.69, 9.17) is 32.7 Å². The number of carbonyl (C=O) groups is 2. The molecule has 0 saturated carbocycles. The molecule has 0 amide bonds. The van der Waals surface area contributed by atoms with E-state index in [0.717, 1.165) is 0 Å². The van der Waals surface area contributed by atoms with Crippen LogP contribution in [0.4, 0.5) is 5.69 Å². The van der Waals surface area contributed by atoms with Gasteiger partial charge in [0.2, 0.25) is 0 Å². The molecule has 0 heterocycles. The number of ether oxygens (including phenoxy) is 2. The van der Waals surface area contributed by atoms with E-state index in [1.807, 2.05) is 0 Å². The van der Waals surface area contributed by atoms with E-state index in [9.17, 15) is 9.59 Å². The van der Waals surface area contributed by atoms with Gasteiger partial charge in [0.1, 0.15) is 0 Å². The molecule has 1 N–H and O–H groups in total. The molecule has 1 rings (SSSR count). The maximum atomic E-state index is 11.7. The van der Waals surface area contributed by atoms with Crippen molar-refractivity contribution in [2.75, 3.05) is 18.5 Å². The molecule has 0 fully saturated rings. The summed E-state index contributed by atoms with van der Waals surface area (Å²) in [6.07, 6.45) is 1.20. The number of hydrogen-bond acceptors (Lipinski definition) is 5. The maximum Gasteiger partial charge on any atom is 0.347 e. The molecule has 0 spiro atoms. The molecule has 0 bridgehead atoms. The third-order valence-electron chi connectivity index (χ3n) is 2.29. The smallest absolute Gasteiger partial charge is 0.347 e. The van der Waals surface area contributed by atoms with E-state index in [1.54, 1.807) is 26.0 Å². The molecule has 1 aromatic rings. The van der Waals surface area contributed by atoms with E-state index >= 15 is 0 Å². The van der Waals surface area contributed by atoms with Gasteiger partial charge in [0.15, 0.2) is 5.57 Å². The number of carbonyl (C=O) groups excluding carboxylic acids is 2. The maximum absolute atomic E-state index is 11.7. The molecule has 0 aliphatic carbocycles. The fourth-order valence-electron chi connectivity index (χ4n) is 1.38. The van der Waals surface area contributed by atoms with E-state index < -0.39 is 11.9 Å². The summed E-state index contributed by atoms with van der Waals surface area (Å²) in [5.41, 5.74) is 0.247. The van der Waals surface area contributed by atoms with Gasteiger partial charge in [-0.1, -0.05) is 23.2 Å². The Balaban J connectivity index is 2.96. The highest BCUT2D eigenvalue weighted by Gasteiger charge is 2.21. The Morgan fingerprint density at radius 1 is 1.14 bits per heavy atom. The molecule has 0 aromatic heterocycles. The lowest BCUT2D eigenvalue weighted by Crippen LogP contribution is -2.19. The van der Waals surface area contributed by atoms with E-state index in [-0.39, 0.29) is 18.8 Å². The fraction of sp³-hybridized carbons (Fsp3) is 0.286. The zero-order valence-corrected chi connectivity index (χ0v) is 13.1. The summed E-state index contributed by atoms with van der Waals surface area (Å²) in [4.78, 5) is 23.5. The SMILES string of the molecule is CCOC(=O)C(=CNc1ccc(Cl)cc1Cl)C(=O)OCC. The van der Waals surface area contributed by atoms with Crippen molar-refractivity contribution in [1.29, 1.82) is 0 Å². The number of esters is 2. The highest BCUT2D eigenvalue weighted by molar-refractivity contribution is 6.36. The average molecular weight is 332 g/mol. The largest absolute Gasteiger partial charge is 0.462 e. The van der Waals surface area contributed by atoms with Crippen LogP contribution in [0.3, 0.4) is 0 Å². The van der Waals surface area contributed by atoms with Crippen LogP contribution in [-0.4, -0.2) is 25.2 Å².